The van der Waals surface area contributed by atoms with Crippen LogP contribution in [0.15, 0.2) is 35.8 Å². The Morgan fingerprint density at radius 3 is 2.59 bits per heavy atom. The molecule has 9 heteroatoms. The molecule has 0 amide bonds. The topological polar surface area (TPSA) is 48.9 Å². The minimum Gasteiger partial charge on any atom is -0.378 e. The Bertz CT molecular complexity index is 632. The summed E-state index contributed by atoms with van der Waals surface area (Å²) in [4.78, 5) is 6.15. The van der Waals surface area contributed by atoms with Crippen LogP contribution in [-0.4, -0.2) is 45.4 Å². The average Bonchev–Trinajstić information content (AvgIpc) is 2.64. The first kappa shape index (κ1) is 23.5. The zero-order valence-electron chi connectivity index (χ0n) is 15.3. The van der Waals surface area contributed by atoms with Gasteiger partial charge in [0.05, 0.1) is 25.3 Å². The van der Waals surface area contributed by atoms with Gasteiger partial charge in [-0.2, -0.15) is 13.2 Å². The molecule has 1 aromatic carbocycles. The maximum absolute atomic E-state index is 13.5. The molecule has 1 aliphatic heterocycles. The first-order chi connectivity index (χ1) is 12.5. The molecule has 0 spiro atoms. The Hall–Kier alpha value is -1.49. The third kappa shape index (κ3) is 7.21. The summed E-state index contributed by atoms with van der Waals surface area (Å²) in [5, 5.41) is 5.98. The van der Waals surface area contributed by atoms with E-state index >= 15 is 0 Å². The molecule has 1 aliphatic rings. The lowest BCUT2D eigenvalue weighted by Gasteiger charge is -2.29. The number of guanidine groups is 1. The summed E-state index contributed by atoms with van der Waals surface area (Å²) in [6.07, 6.45) is -2.77. The lowest BCUT2D eigenvalue weighted by Crippen LogP contribution is -2.37. The Kier molecular flexibility index (Phi) is 9.92. The number of hydrogen-bond donors (Lipinski definition) is 2. The van der Waals surface area contributed by atoms with Gasteiger partial charge in [-0.05, 0) is 24.6 Å². The van der Waals surface area contributed by atoms with Crippen LogP contribution in [0.5, 0.6) is 0 Å². The van der Waals surface area contributed by atoms with Gasteiger partial charge in [-0.25, -0.2) is 4.99 Å². The van der Waals surface area contributed by atoms with Gasteiger partial charge in [-0.1, -0.05) is 12.1 Å². The van der Waals surface area contributed by atoms with Gasteiger partial charge in [-0.3, -0.25) is 0 Å². The minimum absolute atomic E-state index is 0. The number of ether oxygens (including phenoxy) is 1. The summed E-state index contributed by atoms with van der Waals surface area (Å²) in [7, 11) is 0. The van der Waals surface area contributed by atoms with Crippen molar-refractivity contribution in [3.8, 4) is 0 Å². The van der Waals surface area contributed by atoms with E-state index in [1.165, 1.54) is 12.1 Å². The maximum Gasteiger partial charge on any atom is 0.416 e. The summed E-state index contributed by atoms with van der Waals surface area (Å²) in [5.74, 6) is 0.456. The van der Waals surface area contributed by atoms with E-state index in [2.05, 4.69) is 22.2 Å². The number of halogens is 4. The first-order valence-electron chi connectivity index (χ1n) is 8.61. The van der Waals surface area contributed by atoms with Crippen molar-refractivity contribution in [1.82, 2.24) is 10.6 Å². The van der Waals surface area contributed by atoms with Gasteiger partial charge in [0.2, 0.25) is 0 Å². The van der Waals surface area contributed by atoms with Gasteiger partial charge < -0.3 is 20.3 Å². The number of aliphatic imine (C=N–C) groups is 1. The number of alkyl halides is 3. The van der Waals surface area contributed by atoms with Crippen molar-refractivity contribution in [3.63, 3.8) is 0 Å². The Balaban J connectivity index is 0.00000364. The molecule has 2 rings (SSSR count). The molecule has 152 valence electrons. The molecule has 5 nitrogen and oxygen atoms in total. The summed E-state index contributed by atoms with van der Waals surface area (Å²) in [5.41, 5.74) is 0.0557. The van der Waals surface area contributed by atoms with E-state index in [1.807, 2.05) is 11.8 Å². The van der Waals surface area contributed by atoms with Crippen LogP contribution in [0.25, 0.3) is 0 Å². The summed E-state index contributed by atoms with van der Waals surface area (Å²) in [6.45, 7) is 8.75. The highest BCUT2D eigenvalue weighted by Crippen LogP contribution is 2.35. The molecule has 1 saturated heterocycles. The molecule has 1 aromatic rings. The largest absolute Gasteiger partial charge is 0.416 e. The highest BCUT2D eigenvalue weighted by molar-refractivity contribution is 14.0. The van der Waals surface area contributed by atoms with Crippen molar-refractivity contribution in [2.75, 3.05) is 44.3 Å². The zero-order chi connectivity index (χ0) is 19.0. The second kappa shape index (κ2) is 11.4. The fourth-order valence-corrected chi connectivity index (χ4v) is 2.66. The fraction of sp³-hybridized carbons (Fsp3) is 0.500. The molecule has 0 aromatic heterocycles. The third-order valence-corrected chi connectivity index (χ3v) is 3.94. The number of hydrogen-bond acceptors (Lipinski definition) is 3. The molecule has 0 radical (unpaired) electrons. The van der Waals surface area contributed by atoms with Crippen LogP contribution in [0.2, 0.25) is 0 Å². The second-order valence-electron chi connectivity index (χ2n) is 5.80. The van der Waals surface area contributed by atoms with Crippen LogP contribution in [0.4, 0.5) is 18.9 Å². The number of nitrogens with zero attached hydrogens (tertiary/aromatic N) is 2. The van der Waals surface area contributed by atoms with Gasteiger partial charge in [0.1, 0.15) is 0 Å². The van der Waals surface area contributed by atoms with E-state index in [1.54, 1.807) is 12.1 Å². The molecule has 0 bridgehead atoms. The van der Waals surface area contributed by atoms with Crippen LogP contribution in [-0.2, 0) is 17.5 Å². The van der Waals surface area contributed by atoms with Crippen LogP contribution in [0, 0.1) is 0 Å². The molecule has 0 atom stereocenters. The molecule has 1 heterocycles. The van der Waals surface area contributed by atoms with Gasteiger partial charge in [0, 0.05) is 31.9 Å². The predicted octanol–water partition coefficient (Wildman–Crippen LogP) is 3.40. The van der Waals surface area contributed by atoms with Gasteiger partial charge in [0.15, 0.2) is 5.96 Å². The molecule has 0 saturated carbocycles. The van der Waals surface area contributed by atoms with E-state index in [-0.39, 0.29) is 36.1 Å². The molecule has 0 aliphatic carbocycles. The molecule has 1 fully saturated rings. The third-order valence-electron chi connectivity index (χ3n) is 3.94. The predicted molar refractivity (Wildman–Crippen MR) is 113 cm³/mol. The lowest BCUT2D eigenvalue weighted by molar-refractivity contribution is -0.138. The Morgan fingerprint density at radius 2 is 2.00 bits per heavy atom. The number of rotatable bonds is 6. The second-order valence-corrected chi connectivity index (χ2v) is 5.80. The molecular formula is C18H26F3IN4O. The number of anilines is 1. The van der Waals surface area contributed by atoms with Crippen LogP contribution >= 0.6 is 24.0 Å². The number of morpholine rings is 1. The number of nitrogens with one attached hydrogen (secondary N) is 2. The first-order valence-corrected chi connectivity index (χ1v) is 8.61. The lowest BCUT2D eigenvalue weighted by atomic mass is 10.1. The quantitative estimate of drug-likeness (QED) is 0.273. The monoisotopic (exact) mass is 498 g/mol. The Morgan fingerprint density at radius 1 is 1.30 bits per heavy atom. The van der Waals surface area contributed by atoms with Crippen molar-refractivity contribution >= 4 is 35.6 Å². The van der Waals surface area contributed by atoms with Crippen molar-refractivity contribution in [2.45, 2.75) is 19.6 Å². The molecular weight excluding hydrogens is 472 g/mol. The van der Waals surface area contributed by atoms with Crippen molar-refractivity contribution in [2.24, 2.45) is 4.99 Å². The van der Waals surface area contributed by atoms with Gasteiger partial charge in [0.25, 0.3) is 0 Å². The summed E-state index contributed by atoms with van der Waals surface area (Å²) in [6, 6.07) is 4.43. The summed E-state index contributed by atoms with van der Waals surface area (Å²) < 4.78 is 45.9. The highest BCUT2D eigenvalue weighted by Gasteiger charge is 2.34. The van der Waals surface area contributed by atoms with Crippen molar-refractivity contribution < 1.29 is 17.9 Å². The van der Waals surface area contributed by atoms with Crippen LogP contribution in [0.1, 0.15) is 18.1 Å². The van der Waals surface area contributed by atoms with Crippen LogP contribution in [0.3, 0.4) is 0 Å². The van der Waals surface area contributed by atoms with Gasteiger partial charge in [-0.15, -0.1) is 30.6 Å². The van der Waals surface area contributed by atoms with E-state index in [0.29, 0.717) is 51.0 Å². The van der Waals surface area contributed by atoms with Crippen LogP contribution < -0.4 is 15.5 Å². The standard InChI is InChI=1S/C18H25F3N4O.HI/c1-3-7-23-17(22-4-2)24-13-14-5-6-15(12-16(14)18(19,20)21)25-8-10-26-11-9-25;/h3,5-6,12H,1,4,7-11,13H2,2H3,(H2,22,23,24);1H. The van der Waals surface area contributed by atoms with Gasteiger partial charge >= 0.3 is 6.18 Å². The average molecular weight is 498 g/mol. The fourth-order valence-electron chi connectivity index (χ4n) is 2.66. The Labute approximate surface area is 175 Å². The molecule has 0 unspecified atom stereocenters. The summed E-state index contributed by atoms with van der Waals surface area (Å²) >= 11 is 0. The zero-order valence-corrected chi connectivity index (χ0v) is 17.6. The smallest absolute Gasteiger partial charge is 0.378 e. The maximum atomic E-state index is 13.5. The van der Waals surface area contributed by atoms with E-state index in [4.69, 9.17) is 4.74 Å². The molecule has 27 heavy (non-hydrogen) atoms. The van der Waals surface area contributed by atoms with Crippen molar-refractivity contribution in [3.05, 3.63) is 42.0 Å². The van der Waals surface area contributed by atoms with Crippen molar-refractivity contribution in [1.29, 1.82) is 0 Å². The minimum atomic E-state index is -4.43. The molecule has 2 N–H and O–H groups in total. The van der Waals surface area contributed by atoms with E-state index in [0.717, 1.165) is 0 Å². The van der Waals surface area contributed by atoms with E-state index < -0.39 is 11.7 Å². The normalized spacial score (nSPS) is 15.1. The van der Waals surface area contributed by atoms with E-state index in [9.17, 15) is 13.2 Å². The highest BCUT2D eigenvalue weighted by atomic mass is 127. The number of benzene rings is 1. The SMILES string of the molecule is C=CCNC(=NCc1ccc(N2CCOCC2)cc1C(F)(F)F)NCC.I.